The Morgan fingerprint density at radius 1 is 1.15 bits per heavy atom. The van der Waals surface area contributed by atoms with Gasteiger partial charge >= 0.3 is 0 Å². The van der Waals surface area contributed by atoms with E-state index >= 15 is 0 Å². The van der Waals surface area contributed by atoms with Gasteiger partial charge in [0.2, 0.25) is 0 Å². The van der Waals surface area contributed by atoms with E-state index in [0.717, 1.165) is 53.9 Å². The molecule has 4 nitrogen and oxygen atoms in total. The Morgan fingerprint density at radius 2 is 1.92 bits per heavy atom. The maximum absolute atomic E-state index is 12.5. The van der Waals surface area contributed by atoms with Gasteiger partial charge in [0.15, 0.2) is 0 Å². The lowest BCUT2D eigenvalue weighted by molar-refractivity contribution is 0.0945. The van der Waals surface area contributed by atoms with E-state index in [1.54, 1.807) is 12.3 Å². The molecule has 0 spiro atoms. The van der Waals surface area contributed by atoms with Gasteiger partial charge in [0, 0.05) is 28.8 Å². The molecule has 4 rings (SSSR count). The van der Waals surface area contributed by atoms with Crippen LogP contribution in [0.5, 0.6) is 0 Å². The number of halogens is 1. The molecule has 0 bridgehead atoms. The highest BCUT2D eigenvalue weighted by molar-refractivity contribution is 6.30. The predicted octanol–water partition coefficient (Wildman–Crippen LogP) is 4.90. The Bertz CT molecular complexity index is 977. The van der Waals surface area contributed by atoms with Crippen molar-refractivity contribution in [2.45, 2.75) is 33.1 Å². The van der Waals surface area contributed by atoms with Gasteiger partial charge in [-0.05, 0) is 55.5 Å². The zero-order valence-corrected chi connectivity index (χ0v) is 15.7. The molecule has 0 atom stereocenters. The van der Waals surface area contributed by atoms with Crippen LogP contribution in [0, 0.1) is 0 Å². The topological polar surface area (TPSA) is 47.2 Å². The van der Waals surface area contributed by atoms with Crippen LogP contribution in [0.15, 0.2) is 58.3 Å². The van der Waals surface area contributed by atoms with Crippen LogP contribution in [0.1, 0.15) is 37.2 Å². The molecule has 1 aromatic carbocycles. The van der Waals surface area contributed by atoms with E-state index in [-0.39, 0.29) is 5.91 Å². The third kappa shape index (κ3) is 3.06. The standard InChI is InChI=1S/C21H20ClN3O/c1-13-11-23-14(2)18(13)8-3-15-9-20-19(12-24-25(20)21(26)10-15)16-4-6-17(22)7-5-16/h4-7,10,12H,3,8-9,11H2,1-2H3. The van der Waals surface area contributed by atoms with E-state index in [2.05, 4.69) is 23.9 Å². The molecule has 5 heteroatoms. The van der Waals surface area contributed by atoms with Crippen LogP contribution in [-0.2, 0) is 6.42 Å². The number of hydrogen-bond donors (Lipinski definition) is 0. The summed E-state index contributed by atoms with van der Waals surface area (Å²) in [6, 6.07) is 7.66. The summed E-state index contributed by atoms with van der Waals surface area (Å²) in [5.74, 6) is -0.0658. The maximum atomic E-state index is 12.5. The molecular weight excluding hydrogens is 346 g/mol. The summed E-state index contributed by atoms with van der Waals surface area (Å²) < 4.78 is 1.51. The Balaban J connectivity index is 1.57. The Kier molecular flexibility index (Phi) is 4.37. The summed E-state index contributed by atoms with van der Waals surface area (Å²) in [4.78, 5) is 17.0. The van der Waals surface area contributed by atoms with Crippen molar-refractivity contribution in [1.29, 1.82) is 0 Å². The third-order valence-corrected chi connectivity index (χ3v) is 5.41. The third-order valence-electron chi connectivity index (χ3n) is 5.16. The molecule has 1 aromatic heterocycles. The van der Waals surface area contributed by atoms with Gasteiger partial charge in [-0.15, -0.1) is 0 Å². The molecule has 0 amide bonds. The second kappa shape index (κ2) is 6.69. The lowest BCUT2D eigenvalue weighted by Crippen LogP contribution is -2.19. The lowest BCUT2D eigenvalue weighted by Gasteiger charge is -2.16. The molecule has 0 radical (unpaired) electrons. The Morgan fingerprint density at radius 3 is 2.62 bits per heavy atom. The number of fused-ring (bicyclic) bond motifs is 1. The molecule has 132 valence electrons. The number of nitrogens with zero attached hydrogens (tertiary/aromatic N) is 3. The minimum absolute atomic E-state index is 0.0658. The first-order valence-corrected chi connectivity index (χ1v) is 9.17. The van der Waals surface area contributed by atoms with Crippen LogP contribution >= 0.6 is 11.6 Å². The second-order valence-corrected chi connectivity index (χ2v) is 7.34. The maximum Gasteiger partial charge on any atom is 0.271 e. The van der Waals surface area contributed by atoms with Crippen molar-refractivity contribution in [1.82, 2.24) is 9.78 Å². The van der Waals surface area contributed by atoms with Gasteiger partial charge in [0.05, 0.1) is 18.4 Å². The van der Waals surface area contributed by atoms with Crippen LogP contribution in [-0.4, -0.2) is 27.9 Å². The SMILES string of the molecule is CC1=NCC(C)=C1CCC1=CC(=O)n2ncc(-c3ccc(Cl)cc3)c2C1. The smallest absolute Gasteiger partial charge is 0.271 e. The van der Waals surface area contributed by atoms with Crippen LogP contribution < -0.4 is 0 Å². The van der Waals surface area contributed by atoms with Crippen LogP contribution in [0.2, 0.25) is 5.02 Å². The van der Waals surface area contributed by atoms with E-state index in [1.807, 2.05) is 24.3 Å². The highest BCUT2D eigenvalue weighted by Crippen LogP contribution is 2.31. The van der Waals surface area contributed by atoms with Crippen molar-refractivity contribution >= 4 is 23.2 Å². The predicted molar refractivity (Wildman–Crippen MR) is 105 cm³/mol. The Labute approximate surface area is 157 Å². The van der Waals surface area contributed by atoms with Crippen molar-refractivity contribution in [3.05, 3.63) is 64.0 Å². The number of benzene rings is 1. The van der Waals surface area contributed by atoms with Gasteiger partial charge in [0.25, 0.3) is 5.91 Å². The summed E-state index contributed by atoms with van der Waals surface area (Å²) in [6.45, 7) is 5.02. The first kappa shape index (κ1) is 17.0. The molecule has 26 heavy (non-hydrogen) atoms. The quantitative estimate of drug-likeness (QED) is 0.773. The zero-order chi connectivity index (χ0) is 18.3. The van der Waals surface area contributed by atoms with E-state index in [4.69, 9.17) is 11.6 Å². The van der Waals surface area contributed by atoms with Gasteiger partial charge in [-0.2, -0.15) is 5.10 Å². The highest BCUT2D eigenvalue weighted by atomic mass is 35.5. The number of allylic oxidation sites excluding steroid dienone is 3. The van der Waals surface area contributed by atoms with Crippen molar-refractivity contribution in [2.75, 3.05) is 6.54 Å². The normalized spacial score (nSPS) is 16.7. The van der Waals surface area contributed by atoms with E-state index in [0.29, 0.717) is 5.02 Å². The van der Waals surface area contributed by atoms with Gasteiger partial charge in [-0.3, -0.25) is 9.79 Å². The van der Waals surface area contributed by atoms with E-state index < -0.39 is 0 Å². The van der Waals surface area contributed by atoms with E-state index in [1.165, 1.54) is 15.8 Å². The molecule has 3 heterocycles. The number of carbonyl (C=O) groups is 1. The zero-order valence-electron chi connectivity index (χ0n) is 14.9. The second-order valence-electron chi connectivity index (χ2n) is 6.90. The minimum atomic E-state index is -0.0658. The van der Waals surface area contributed by atoms with Crippen molar-refractivity contribution in [2.24, 2.45) is 4.99 Å². The number of carbonyl (C=O) groups excluding carboxylic acids is 1. The van der Waals surface area contributed by atoms with Crippen molar-refractivity contribution < 1.29 is 4.79 Å². The lowest BCUT2D eigenvalue weighted by atomic mass is 9.93. The van der Waals surface area contributed by atoms with Crippen LogP contribution in [0.25, 0.3) is 11.1 Å². The number of aliphatic imine (C=N–C) groups is 1. The minimum Gasteiger partial charge on any atom is -0.285 e. The molecule has 2 aliphatic rings. The fraction of sp³-hybridized carbons (Fsp3) is 0.286. The van der Waals surface area contributed by atoms with Gasteiger partial charge in [-0.25, -0.2) is 4.68 Å². The Hall–Kier alpha value is -2.46. The molecule has 0 unspecified atom stereocenters. The monoisotopic (exact) mass is 365 g/mol. The van der Waals surface area contributed by atoms with Gasteiger partial charge in [-0.1, -0.05) is 29.3 Å². The van der Waals surface area contributed by atoms with Crippen LogP contribution in [0.3, 0.4) is 0 Å². The largest absolute Gasteiger partial charge is 0.285 e. The van der Waals surface area contributed by atoms with E-state index in [9.17, 15) is 4.79 Å². The van der Waals surface area contributed by atoms with Crippen molar-refractivity contribution in [3.8, 4) is 11.1 Å². The van der Waals surface area contributed by atoms with Crippen molar-refractivity contribution in [3.63, 3.8) is 0 Å². The molecular formula is C21H20ClN3O. The molecule has 2 aromatic rings. The number of hydrogen-bond acceptors (Lipinski definition) is 3. The first-order chi connectivity index (χ1) is 12.5. The molecule has 0 fully saturated rings. The first-order valence-electron chi connectivity index (χ1n) is 8.79. The summed E-state index contributed by atoms with van der Waals surface area (Å²) in [5.41, 5.74) is 7.96. The average Bonchev–Trinajstić information content (AvgIpc) is 3.18. The fourth-order valence-electron chi connectivity index (χ4n) is 3.68. The molecule has 0 N–H and O–H groups in total. The summed E-state index contributed by atoms with van der Waals surface area (Å²) in [6.07, 6.45) is 6.06. The summed E-state index contributed by atoms with van der Waals surface area (Å²) >= 11 is 5.99. The number of aromatic nitrogens is 2. The molecule has 0 saturated heterocycles. The molecule has 2 aliphatic heterocycles. The molecule has 0 aliphatic carbocycles. The summed E-state index contributed by atoms with van der Waals surface area (Å²) in [7, 11) is 0. The summed E-state index contributed by atoms with van der Waals surface area (Å²) in [5, 5.41) is 4.99. The van der Waals surface area contributed by atoms with Gasteiger partial charge < -0.3 is 0 Å². The van der Waals surface area contributed by atoms with Crippen LogP contribution in [0.4, 0.5) is 0 Å². The average molecular weight is 366 g/mol. The number of rotatable bonds is 4. The fourth-order valence-corrected chi connectivity index (χ4v) is 3.81. The molecule has 0 saturated carbocycles. The van der Waals surface area contributed by atoms with Gasteiger partial charge in [0.1, 0.15) is 0 Å². The highest BCUT2D eigenvalue weighted by Gasteiger charge is 2.23.